The minimum atomic E-state index is -1.72. The Morgan fingerprint density at radius 3 is 2.50 bits per heavy atom. The minimum Gasteiger partial charge on any atom is -0.458 e. The number of piperidine rings is 3. The second kappa shape index (κ2) is 7.08. The number of fused-ring (bicyclic) bond motifs is 3. The molecule has 4 rings (SSSR count). The van der Waals surface area contributed by atoms with E-state index < -0.39 is 11.6 Å². The zero-order valence-electron chi connectivity index (χ0n) is 14.5. The van der Waals surface area contributed by atoms with Gasteiger partial charge < -0.3 is 9.84 Å². The molecule has 0 spiro atoms. The van der Waals surface area contributed by atoms with Gasteiger partial charge in [-0.1, -0.05) is 50.3 Å². The quantitative estimate of drug-likeness (QED) is 0.666. The maximum absolute atomic E-state index is 12.9. The van der Waals surface area contributed by atoms with Crippen LogP contribution in [0.1, 0.15) is 32.3 Å². The van der Waals surface area contributed by atoms with Crippen LogP contribution in [0.15, 0.2) is 42.5 Å². The summed E-state index contributed by atoms with van der Waals surface area (Å²) in [7, 11) is 0. The molecule has 4 nitrogen and oxygen atoms in total. The predicted molar refractivity (Wildman–Crippen MR) is 93.4 cm³/mol. The van der Waals surface area contributed by atoms with Crippen LogP contribution >= 0.6 is 0 Å². The summed E-state index contributed by atoms with van der Waals surface area (Å²) in [6.07, 6.45) is 5.47. The normalized spacial score (nSPS) is 28.9. The molecule has 3 saturated heterocycles. The number of carbonyl (C=O) groups is 1. The van der Waals surface area contributed by atoms with Gasteiger partial charge in [0.15, 0.2) is 0 Å². The molecule has 0 amide bonds. The Balaban J connectivity index is 1.81. The molecule has 0 saturated carbocycles. The molecular weight excluding hydrogens is 302 g/mol. The van der Waals surface area contributed by atoms with Crippen molar-refractivity contribution in [3.8, 4) is 0 Å². The fraction of sp³-hybridized carbons (Fsp3) is 0.550. The fourth-order valence-electron chi connectivity index (χ4n) is 3.58. The van der Waals surface area contributed by atoms with Crippen LogP contribution in [0.2, 0.25) is 0 Å². The summed E-state index contributed by atoms with van der Waals surface area (Å²) in [6, 6.07) is 9.05. The lowest BCUT2D eigenvalue weighted by Crippen LogP contribution is -2.53. The smallest absolute Gasteiger partial charge is 0.347 e. The van der Waals surface area contributed by atoms with E-state index in [2.05, 4.69) is 4.90 Å². The largest absolute Gasteiger partial charge is 0.458 e. The number of allylic oxidation sites excluding steroid dienone is 1. The zero-order chi connectivity index (χ0) is 17.2. The van der Waals surface area contributed by atoms with Gasteiger partial charge in [0.25, 0.3) is 0 Å². The number of benzene rings is 1. The summed E-state index contributed by atoms with van der Waals surface area (Å²) in [5.41, 5.74) is -1.18. The van der Waals surface area contributed by atoms with Crippen molar-refractivity contribution in [2.75, 3.05) is 19.6 Å². The lowest BCUT2D eigenvalue weighted by Gasteiger charge is -2.44. The van der Waals surface area contributed by atoms with E-state index in [1.165, 1.54) is 0 Å². The molecule has 24 heavy (non-hydrogen) atoms. The Bertz CT molecular complexity index is 590. The first-order chi connectivity index (χ1) is 11.5. The van der Waals surface area contributed by atoms with E-state index in [1.54, 1.807) is 18.2 Å². The Morgan fingerprint density at radius 1 is 1.29 bits per heavy atom. The highest BCUT2D eigenvalue weighted by Gasteiger charge is 2.42. The third-order valence-corrected chi connectivity index (χ3v) is 5.10. The van der Waals surface area contributed by atoms with Crippen LogP contribution in [-0.4, -0.2) is 41.7 Å². The molecule has 130 valence electrons. The average Bonchev–Trinajstić information content (AvgIpc) is 2.61. The number of hydrogen-bond donors (Lipinski definition) is 1. The number of esters is 1. The van der Waals surface area contributed by atoms with Crippen molar-refractivity contribution < 1.29 is 14.6 Å². The molecule has 2 bridgehead atoms. The molecule has 3 aliphatic rings. The first-order valence-corrected chi connectivity index (χ1v) is 8.90. The Morgan fingerprint density at radius 2 is 1.96 bits per heavy atom. The average molecular weight is 329 g/mol. The van der Waals surface area contributed by atoms with Crippen molar-refractivity contribution in [2.24, 2.45) is 11.8 Å². The van der Waals surface area contributed by atoms with Gasteiger partial charge >= 0.3 is 5.97 Å². The summed E-state index contributed by atoms with van der Waals surface area (Å²) in [4.78, 5) is 15.2. The molecule has 0 aliphatic carbocycles. The van der Waals surface area contributed by atoms with Gasteiger partial charge in [-0.25, -0.2) is 4.79 Å². The van der Waals surface area contributed by atoms with Crippen LogP contribution in [-0.2, 0) is 15.1 Å². The maximum Gasteiger partial charge on any atom is 0.347 e. The van der Waals surface area contributed by atoms with Crippen molar-refractivity contribution in [1.82, 2.24) is 4.90 Å². The summed E-state index contributed by atoms with van der Waals surface area (Å²) in [5.74, 6) is 0.0993. The molecule has 4 heteroatoms. The number of hydrogen-bond acceptors (Lipinski definition) is 4. The van der Waals surface area contributed by atoms with Gasteiger partial charge in [0, 0.05) is 6.54 Å². The van der Waals surface area contributed by atoms with Crippen molar-refractivity contribution in [3.05, 3.63) is 48.0 Å². The minimum absolute atomic E-state index is 0.109. The lowest BCUT2D eigenvalue weighted by molar-refractivity contribution is -0.176. The van der Waals surface area contributed by atoms with Gasteiger partial charge in [-0.05, 0) is 49.4 Å². The van der Waals surface area contributed by atoms with E-state index in [9.17, 15) is 9.90 Å². The molecule has 1 aromatic carbocycles. The molecule has 3 heterocycles. The van der Waals surface area contributed by atoms with Crippen LogP contribution in [0.3, 0.4) is 0 Å². The topological polar surface area (TPSA) is 49.8 Å². The number of rotatable bonds is 5. The Kier molecular flexibility index (Phi) is 5.07. The monoisotopic (exact) mass is 329 g/mol. The van der Waals surface area contributed by atoms with Gasteiger partial charge in [-0.3, -0.25) is 4.90 Å². The molecule has 0 aromatic heterocycles. The maximum atomic E-state index is 12.9. The molecule has 0 radical (unpaired) electrons. The first-order valence-electron chi connectivity index (χ1n) is 8.90. The zero-order valence-corrected chi connectivity index (χ0v) is 14.5. The number of nitrogens with zero attached hydrogens (tertiary/aromatic N) is 1. The SMILES string of the molecule is CC(C)/C=C/[C@@](O)(C(=O)O[C@@H]1CN2CCC1CC2)c1ccccc1. The fourth-order valence-corrected chi connectivity index (χ4v) is 3.58. The lowest BCUT2D eigenvalue weighted by atomic mass is 9.85. The van der Waals surface area contributed by atoms with Gasteiger partial charge in [0.1, 0.15) is 6.10 Å². The van der Waals surface area contributed by atoms with Gasteiger partial charge in [-0.15, -0.1) is 0 Å². The van der Waals surface area contributed by atoms with E-state index in [1.807, 2.05) is 38.1 Å². The van der Waals surface area contributed by atoms with E-state index in [4.69, 9.17) is 4.74 Å². The number of carbonyl (C=O) groups excluding carboxylic acids is 1. The highest BCUT2D eigenvalue weighted by molar-refractivity contribution is 5.83. The molecule has 2 atom stereocenters. The van der Waals surface area contributed by atoms with Crippen molar-refractivity contribution in [1.29, 1.82) is 0 Å². The summed E-state index contributed by atoms with van der Waals surface area (Å²) < 4.78 is 5.80. The number of ether oxygens (including phenoxy) is 1. The molecule has 3 fully saturated rings. The third-order valence-electron chi connectivity index (χ3n) is 5.10. The van der Waals surface area contributed by atoms with Gasteiger partial charge in [-0.2, -0.15) is 0 Å². The highest BCUT2D eigenvalue weighted by atomic mass is 16.6. The molecule has 1 aromatic rings. The van der Waals surface area contributed by atoms with Gasteiger partial charge in [0.2, 0.25) is 5.60 Å². The van der Waals surface area contributed by atoms with Crippen molar-refractivity contribution in [2.45, 2.75) is 38.4 Å². The van der Waals surface area contributed by atoms with E-state index in [0.717, 1.165) is 32.5 Å². The summed E-state index contributed by atoms with van der Waals surface area (Å²) >= 11 is 0. The van der Waals surface area contributed by atoms with E-state index >= 15 is 0 Å². The summed E-state index contributed by atoms with van der Waals surface area (Å²) in [5, 5.41) is 11.1. The van der Waals surface area contributed by atoms with Crippen LogP contribution in [0, 0.1) is 11.8 Å². The van der Waals surface area contributed by atoms with Crippen LogP contribution in [0.4, 0.5) is 0 Å². The highest BCUT2D eigenvalue weighted by Crippen LogP contribution is 2.32. The molecular formula is C20H27NO3. The van der Waals surface area contributed by atoms with Crippen LogP contribution in [0.5, 0.6) is 0 Å². The van der Waals surface area contributed by atoms with E-state index in [0.29, 0.717) is 11.5 Å². The molecule has 0 unspecified atom stereocenters. The third kappa shape index (κ3) is 3.55. The van der Waals surface area contributed by atoms with Crippen molar-refractivity contribution >= 4 is 5.97 Å². The molecule has 3 aliphatic heterocycles. The Hall–Kier alpha value is -1.65. The Labute approximate surface area is 144 Å². The van der Waals surface area contributed by atoms with Crippen LogP contribution in [0.25, 0.3) is 0 Å². The van der Waals surface area contributed by atoms with Crippen LogP contribution < -0.4 is 0 Å². The first kappa shape index (κ1) is 17.2. The number of aliphatic hydroxyl groups is 1. The standard InChI is InChI=1S/C20H27NO3/c1-15(2)8-11-20(23,17-6-4-3-5-7-17)19(22)24-18-14-21-12-9-16(18)10-13-21/h3-8,11,15-16,18,23H,9-10,12-14H2,1-2H3/b11-8+/t18-,20+/m1/s1. The van der Waals surface area contributed by atoms with Gasteiger partial charge in [0.05, 0.1) is 0 Å². The van der Waals surface area contributed by atoms with Crippen molar-refractivity contribution in [3.63, 3.8) is 0 Å². The predicted octanol–water partition coefficient (Wildman–Crippen LogP) is 2.72. The second-order valence-corrected chi connectivity index (χ2v) is 7.32. The molecule has 1 N–H and O–H groups in total. The second-order valence-electron chi connectivity index (χ2n) is 7.32. The van der Waals surface area contributed by atoms with E-state index in [-0.39, 0.29) is 12.0 Å². The summed E-state index contributed by atoms with van der Waals surface area (Å²) in [6.45, 7) is 7.00.